The highest BCUT2D eigenvalue weighted by Gasteiger charge is 2.37. The van der Waals surface area contributed by atoms with Crippen molar-refractivity contribution in [2.24, 2.45) is 0 Å². The number of ether oxygens (including phenoxy) is 1. The Hall–Kier alpha value is -3.04. The standard InChI is InChI=1S/C29H40N4O4Si/c1-9-33-25-13-12-23(20(3)27(25)30-31-33)24(17-26(34)32-14-15-36-28(32)35)21-11-10-19(2)22(16-21)18-37-38(7,8)29(4,5)6/h10-13,16,24H,9,14-15,17-18H2,1-8H3/t24-/m1/s1. The van der Waals surface area contributed by atoms with Gasteiger partial charge in [0.15, 0.2) is 8.32 Å². The van der Waals surface area contributed by atoms with Crippen LogP contribution in [0.1, 0.15) is 67.9 Å². The molecule has 0 saturated carbocycles. The van der Waals surface area contributed by atoms with E-state index >= 15 is 0 Å². The van der Waals surface area contributed by atoms with Crippen LogP contribution in [-0.4, -0.2) is 53.4 Å². The minimum atomic E-state index is -1.94. The molecule has 2 aromatic carbocycles. The average molecular weight is 537 g/mol. The maximum absolute atomic E-state index is 13.3. The van der Waals surface area contributed by atoms with Crippen LogP contribution in [0, 0.1) is 13.8 Å². The highest BCUT2D eigenvalue weighted by molar-refractivity contribution is 6.74. The number of nitrogens with zero attached hydrogens (tertiary/aromatic N) is 4. The first kappa shape index (κ1) is 28.0. The molecule has 0 radical (unpaired) electrons. The fraction of sp³-hybridized carbons (Fsp3) is 0.517. The van der Waals surface area contributed by atoms with Gasteiger partial charge in [0, 0.05) is 18.9 Å². The number of aromatic nitrogens is 3. The van der Waals surface area contributed by atoms with Crippen molar-refractivity contribution in [3.8, 4) is 0 Å². The monoisotopic (exact) mass is 536 g/mol. The number of carbonyl (C=O) groups excluding carboxylic acids is 2. The lowest BCUT2D eigenvalue weighted by Gasteiger charge is -2.36. The van der Waals surface area contributed by atoms with Gasteiger partial charge in [0.1, 0.15) is 12.1 Å². The van der Waals surface area contributed by atoms with Gasteiger partial charge in [-0.25, -0.2) is 14.4 Å². The summed E-state index contributed by atoms with van der Waals surface area (Å²) in [7, 11) is -1.94. The van der Waals surface area contributed by atoms with Crippen molar-refractivity contribution >= 4 is 31.4 Å². The van der Waals surface area contributed by atoms with Crippen LogP contribution < -0.4 is 0 Å². The van der Waals surface area contributed by atoms with Gasteiger partial charge >= 0.3 is 6.09 Å². The van der Waals surface area contributed by atoms with Crippen LogP contribution in [0.4, 0.5) is 4.79 Å². The van der Waals surface area contributed by atoms with E-state index < -0.39 is 14.4 Å². The molecule has 3 aromatic rings. The number of benzene rings is 2. The molecular weight excluding hydrogens is 496 g/mol. The van der Waals surface area contributed by atoms with Crippen LogP contribution >= 0.6 is 0 Å². The lowest BCUT2D eigenvalue weighted by Crippen LogP contribution is -2.40. The predicted molar refractivity (Wildman–Crippen MR) is 151 cm³/mol. The minimum absolute atomic E-state index is 0.111. The Kier molecular flexibility index (Phi) is 7.81. The molecule has 9 heteroatoms. The molecule has 1 aromatic heterocycles. The smallest absolute Gasteiger partial charge is 0.416 e. The lowest BCUT2D eigenvalue weighted by atomic mass is 9.84. The molecule has 8 nitrogen and oxygen atoms in total. The van der Waals surface area contributed by atoms with Crippen LogP contribution in [0.15, 0.2) is 30.3 Å². The van der Waals surface area contributed by atoms with Crippen molar-refractivity contribution in [1.82, 2.24) is 19.9 Å². The van der Waals surface area contributed by atoms with Crippen LogP contribution in [0.2, 0.25) is 18.1 Å². The third-order valence-corrected chi connectivity index (χ3v) is 12.7. The van der Waals surface area contributed by atoms with E-state index in [-0.39, 0.29) is 36.4 Å². The van der Waals surface area contributed by atoms with Crippen molar-refractivity contribution in [1.29, 1.82) is 0 Å². The van der Waals surface area contributed by atoms with Gasteiger partial charge in [-0.05, 0) is 72.8 Å². The number of imide groups is 1. The van der Waals surface area contributed by atoms with Gasteiger partial charge in [-0.15, -0.1) is 5.10 Å². The van der Waals surface area contributed by atoms with Crippen LogP contribution in [0.3, 0.4) is 0 Å². The molecule has 0 unspecified atom stereocenters. The number of carbonyl (C=O) groups is 2. The number of hydrogen-bond donors (Lipinski definition) is 0. The topological polar surface area (TPSA) is 86.5 Å². The van der Waals surface area contributed by atoms with Crippen LogP contribution in [-0.2, 0) is 27.1 Å². The summed E-state index contributed by atoms with van der Waals surface area (Å²) in [6, 6.07) is 10.4. The molecule has 1 fully saturated rings. The van der Waals surface area contributed by atoms with Crippen molar-refractivity contribution < 1.29 is 18.8 Å². The molecular formula is C29H40N4O4Si. The molecule has 0 spiro atoms. The van der Waals surface area contributed by atoms with Crippen molar-refractivity contribution in [3.63, 3.8) is 0 Å². The van der Waals surface area contributed by atoms with Crippen molar-refractivity contribution in [2.75, 3.05) is 13.2 Å². The second kappa shape index (κ2) is 10.6. The van der Waals surface area contributed by atoms with E-state index in [9.17, 15) is 9.59 Å². The summed E-state index contributed by atoms with van der Waals surface area (Å²) in [5.41, 5.74) is 7.06. The maximum atomic E-state index is 13.3. The van der Waals surface area contributed by atoms with E-state index in [1.54, 1.807) is 0 Å². The Labute approximate surface area is 226 Å². The number of aryl methyl sites for hydroxylation is 3. The summed E-state index contributed by atoms with van der Waals surface area (Å²) in [6.45, 7) is 19.2. The fourth-order valence-corrected chi connectivity index (χ4v) is 5.59. The molecule has 1 saturated heterocycles. The number of cyclic esters (lactones) is 1. The lowest BCUT2D eigenvalue weighted by molar-refractivity contribution is -0.128. The zero-order chi connectivity index (χ0) is 27.8. The Morgan fingerprint density at radius 1 is 1.18 bits per heavy atom. The number of amides is 2. The first-order valence-electron chi connectivity index (χ1n) is 13.4. The Morgan fingerprint density at radius 3 is 2.55 bits per heavy atom. The summed E-state index contributed by atoms with van der Waals surface area (Å²) in [5, 5.41) is 8.84. The summed E-state index contributed by atoms with van der Waals surface area (Å²) >= 11 is 0. The quantitative estimate of drug-likeness (QED) is 0.324. The number of rotatable bonds is 8. The molecule has 2 amide bonds. The molecule has 204 valence electrons. The highest BCUT2D eigenvalue weighted by Crippen LogP contribution is 2.38. The second-order valence-corrected chi connectivity index (χ2v) is 16.5. The van der Waals surface area contributed by atoms with Crippen LogP contribution in [0.5, 0.6) is 0 Å². The molecule has 4 rings (SSSR count). The minimum Gasteiger partial charge on any atom is -0.447 e. The number of fused-ring (bicyclic) bond motifs is 1. The van der Waals surface area contributed by atoms with E-state index in [0.29, 0.717) is 6.61 Å². The number of hydrogen-bond acceptors (Lipinski definition) is 6. The van der Waals surface area contributed by atoms with Gasteiger partial charge in [0.05, 0.1) is 18.7 Å². The SMILES string of the molecule is CCn1nnc2c(C)c([C@H](CC(=O)N3CCOC3=O)c3ccc(C)c(CO[Si](C)(C)C(C)(C)C)c3)ccc21. The van der Waals surface area contributed by atoms with Gasteiger partial charge in [-0.2, -0.15) is 0 Å². The zero-order valence-electron chi connectivity index (χ0n) is 23.9. The average Bonchev–Trinajstić information content (AvgIpc) is 3.48. The highest BCUT2D eigenvalue weighted by atomic mass is 28.4. The van der Waals surface area contributed by atoms with Crippen LogP contribution in [0.25, 0.3) is 11.0 Å². The molecule has 1 aliphatic rings. The summed E-state index contributed by atoms with van der Waals surface area (Å²) in [6.07, 6.45) is -0.422. The second-order valence-electron chi connectivity index (χ2n) is 11.7. The van der Waals surface area contributed by atoms with Gasteiger partial charge in [-0.3, -0.25) is 4.79 Å². The molecule has 1 atom stereocenters. The summed E-state index contributed by atoms with van der Waals surface area (Å²) in [4.78, 5) is 26.7. The fourth-order valence-electron chi connectivity index (χ4n) is 4.64. The van der Waals surface area contributed by atoms with E-state index in [4.69, 9.17) is 9.16 Å². The molecule has 2 heterocycles. The molecule has 38 heavy (non-hydrogen) atoms. The Morgan fingerprint density at radius 2 is 1.92 bits per heavy atom. The Bertz CT molecular complexity index is 1360. The maximum Gasteiger partial charge on any atom is 0.416 e. The first-order valence-corrected chi connectivity index (χ1v) is 16.3. The van der Waals surface area contributed by atoms with E-state index in [0.717, 1.165) is 45.4 Å². The largest absolute Gasteiger partial charge is 0.447 e. The molecule has 0 aliphatic carbocycles. The third kappa shape index (κ3) is 5.40. The normalized spacial score (nSPS) is 15.3. The van der Waals surface area contributed by atoms with Crippen molar-refractivity contribution in [2.45, 2.75) is 85.2 Å². The van der Waals surface area contributed by atoms with Gasteiger partial charge in [0.25, 0.3) is 0 Å². The molecule has 1 aliphatic heterocycles. The van der Waals surface area contributed by atoms with E-state index in [1.807, 2.05) is 24.6 Å². The first-order chi connectivity index (χ1) is 17.8. The summed E-state index contributed by atoms with van der Waals surface area (Å²) in [5.74, 6) is -0.506. The Balaban J connectivity index is 1.75. The summed E-state index contributed by atoms with van der Waals surface area (Å²) < 4.78 is 13.5. The zero-order valence-corrected chi connectivity index (χ0v) is 24.9. The van der Waals surface area contributed by atoms with E-state index in [1.165, 1.54) is 4.90 Å². The van der Waals surface area contributed by atoms with E-state index in [2.05, 4.69) is 75.4 Å². The molecule has 0 bridgehead atoms. The van der Waals surface area contributed by atoms with Gasteiger partial charge in [-0.1, -0.05) is 50.3 Å². The van der Waals surface area contributed by atoms with Gasteiger partial charge in [0.2, 0.25) is 5.91 Å². The third-order valence-electron chi connectivity index (χ3n) is 8.27. The van der Waals surface area contributed by atoms with Crippen molar-refractivity contribution in [3.05, 3.63) is 58.1 Å². The van der Waals surface area contributed by atoms with Gasteiger partial charge < -0.3 is 9.16 Å². The predicted octanol–water partition coefficient (Wildman–Crippen LogP) is 6.09. The molecule has 0 N–H and O–H groups in total.